The average molecular weight is 324 g/mol. The number of aromatic nitrogens is 2. The standard InChI is InChI=1S/C11H16BrF2N3O/c1-3-18-11-8(2)10(15-7-16-11)17(5-4-12)6-9(13)14/h7,9H,3-6H2,1-2H3. The van der Waals surface area contributed by atoms with Crippen LogP contribution in [0.2, 0.25) is 0 Å². The minimum Gasteiger partial charge on any atom is -0.478 e. The summed E-state index contributed by atoms with van der Waals surface area (Å²) in [4.78, 5) is 9.59. The van der Waals surface area contributed by atoms with E-state index in [9.17, 15) is 8.78 Å². The zero-order chi connectivity index (χ0) is 13.5. The van der Waals surface area contributed by atoms with Crippen molar-refractivity contribution in [2.75, 3.05) is 29.9 Å². The molecule has 0 saturated heterocycles. The predicted molar refractivity (Wildman–Crippen MR) is 69.9 cm³/mol. The van der Waals surface area contributed by atoms with E-state index in [2.05, 4.69) is 25.9 Å². The highest BCUT2D eigenvalue weighted by Gasteiger charge is 2.18. The zero-order valence-corrected chi connectivity index (χ0v) is 12.0. The molecule has 1 aromatic rings. The molecule has 0 aliphatic heterocycles. The molecule has 0 amide bonds. The van der Waals surface area contributed by atoms with Crippen LogP contribution in [0.3, 0.4) is 0 Å². The first-order valence-corrected chi connectivity index (χ1v) is 6.75. The summed E-state index contributed by atoms with van der Waals surface area (Å²) in [5.41, 5.74) is 0.681. The van der Waals surface area contributed by atoms with Crippen LogP contribution in [0.4, 0.5) is 14.6 Å². The molecule has 0 aliphatic carbocycles. The van der Waals surface area contributed by atoms with E-state index in [4.69, 9.17) is 4.74 Å². The van der Waals surface area contributed by atoms with Crippen molar-refractivity contribution in [2.24, 2.45) is 0 Å². The fraction of sp³-hybridized carbons (Fsp3) is 0.636. The third kappa shape index (κ3) is 4.04. The normalized spacial score (nSPS) is 10.8. The maximum absolute atomic E-state index is 12.5. The second kappa shape index (κ2) is 7.45. The van der Waals surface area contributed by atoms with Crippen LogP contribution < -0.4 is 9.64 Å². The van der Waals surface area contributed by atoms with Gasteiger partial charge in [0.25, 0.3) is 6.43 Å². The van der Waals surface area contributed by atoms with Crippen molar-refractivity contribution in [1.82, 2.24) is 9.97 Å². The van der Waals surface area contributed by atoms with Crippen molar-refractivity contribution in [3.05, 3.63) is 11.9 Å². The summed E-state index contributed by atoms with van der Waals surface area (Å²) in [7, 11) is 0. The molecule has 0 radical (unpaired) electrons. The molecule has 0 spiro atoms. The second-order valence-corrected chi connectivity index (χ2v) is 4.38. The summed E-state index contributed by atoms with van der Waals surface area (Å²) in [6.07, 6.45) is -1.08. The Morgan fingerprint density at radius 1 is 1.44 bits per heavy atom. The Hall–Kier alpha value is -0.980. The molecule has 0 saturated carbocycles. The molecule has 4 nitrogen and oxygen atoms in total. The largest absolute Gasteiger partial charge is 0.478 e. The summed E-state index contributed by atoms with van der Waals surface area (Å²) in [6, 6.07) is 0. The summed E-state index contributed by atoms with van der Waals surface area (Å²) < 4.78 is 30.4. The fourth-order valence-corrected chi connectivity index (χ4v) is 2.01. The van der Waals surface area contributed by atoms with Crippen LogP contribution in [0.25, 0.3) is 0 Å². The Labute approximate surface area is 113 Å². The zero-order valence-electron chi connectivity index (χ0n) is 10.4. The van der Waals surface area contributed by atoms with Gasteiger partial charge in [0.15, 0.2) is 0 Å². The first-order valence-electron chi connectivity index (χ1n) is 5.63. The van der Waals surface area contributed by atoms with E-state index in [1.165, 1.54) is 11.2 Å². The number of alkyl halides is 3. The van der Waals surface area contributed by atoms with Gasteiger partial charge in [-0.05, 0) is 13.8 Å². The van der Waals surface area contributed by atoms with E-state index in [1.807, 2.05) is 6.92 Å². The molecule has 0 aliphatic rings. The molecule has 0 aromatic carbocycles. The van der Waals surface area contributed by atoms with Gasteiger partial charge in [0, 0.05) is 11.9 Å². The lowest BCUT2D eigenvalue weighted by Gasteiger charge is -2.24. The molecule has 0 atom stereocenters. The highest BCUT2D eigenvalue weighted by molar-refractivity contribution is 9.09. The fourth-order valence-electron chi connectivity index (χ4n) is 1.58. The predicted octanol–water partition coefficient (Wildman–Crippen LogP) is 2.65. The molecular weight excluding hydrogens is 308 g/mol. The Bertz CT molecular complexity index is 379. The van der Waals surface area contributed by atoms with E-state index in [-0.39, 0.29) is 6.54 Å². The van der Waals surface area contributed by atoms with E-state index in [0.717, 1.165) is 0 Å². The number of nitrogens with zero attached hydrogens (tertiary/aromatic N) is 3. The van der Waals surface area contributed by atoms with Crippen LogP contribution in [0, 0.1) is 6.92 Å². The van der Waals surface area contributed by atoms with Crippen molar-refractivity contribution in [3.8, 4) is 5.88 Å². The lowest BCUT2D eigenvalue weighted by atomic mass is 10.3. The number of rotatable bonds is 7. The Morgan fingerprint density at radius 3 is 2.72 bits per heavy atom. The number of hydrogen-bond donors (Lipinski definition) is 0. The number of ether oxygens (including phenoxy) is 1. The van der Waals surface area contributed by atoms with E-state index in [1.54, 1.807) is 6.92 Å². The third-order valence-electron chi connectivity index (χ3n) is 2.30. The molecule has 0 bridgehead atoms. The van der Waals surface area contributed by atoms with E-state index < -0.39 is 6.43 Å². The number of hydrogen-bond acceptors (Lipinski definition) is 4. The van der Waals surface area contributed by atoms with E-state index >= 15 is 0 Å². The van der Waals surface area contributed by atoms with Gasteiger partial charge in [0.05, 0.1) is 18.7 Å². The molecule has 1 rings (SSSR count). The lowest BCUT2D eigenvalue weighted by molar-refractivity contribution is 0.155. The Morgan fingerprint density at radius 2 is 2.17 bits per heavy atom. The van der Waals surface area contributed by atoms with Crippen LogP contribution >= 0.6 is 15.9 Å². The molecule has 1 heterocycles. The van der Waals surface area contributed by atoms with Crippen LogP contribution in [0.1, 0.15) is 12.5 Å². The smallest absolute Gasteiger partial charge is 0.255 e. The maximum atomic E-state index is 12.5. The first-order chi connectivity index (χ1) is 8.60. The number of halogens is 3. The van der Waals surface area contributed by atoms with Gasteiger partial charge in [-0.3, -0.25) is 0 Å². The van der Waals surface area contributed by atoms with Gasteiger partial charge in [-0.15, -0.1) is 0 Å². The topological polar surface area (TPSA) is 38.3 Å². The highest BCUT2D eigenvalue weighted by Crippen LogP contribution is 2.24. The summed E-state index contributed by atoms with van der Waals surface area (Å²) in [6.45, 7) is 4.19. The van der Waals surface area contributed by atoms with E-state index in [0.29, 0.717) is 35.7 Å². The van der Waals surface area contributed by atoms with Crippen molar-refractivity contribution in [2.45, 2.75) is 20.3 Å². The van der Waals surface area contributed by atoms with Gasteiger partial charge in [-0.2, -0.15) is 0 Å². The minimum atomic E-state index is -2.41. The maximum Gasteiger partial charge on any atom is 0.255 e. The van der Waals surface area contributed by atoms with Crippen LogP contribution in [-0.4, -0.2) is 41.4 Å². The Balaban J connectivity index is 2.99. The van der Waals surface area contributed by atoms with Crippen molar-refractivity contribution in [3.63, 3.8) is 0 Å². The minimum absolute atomic E-state index is 0.352. The number of anilines is 1. The summed E-state index contributed by atoms with van der Waals surface area (Å²) in [5.74, 6) is 0.935. The van der Waals surface area contributed by atoms with Gasteiger partial charge in [-0.1, -0.05) is 15.9 Å². The molecule has 102 valence electrons. The summed E-state index contributed by atoms with van der Waals surface area (Å²) >= 11 is 3.25. The van der Waals surface area contributed by atoms with Crippen LogP contribution in [0.15, 0.2) is 6.33 Å². The molecule has 0 fully saturated rings. The van der Waals surface area contributed by atoms with Crippen molar-refractivity contribution in [1.29, 1.82) is 0 Å². The Kier molecular flexibility index (Phi) is 6.24. The molecule has 18 heavy (non-hydrogen) atoms. The first kappa shape index (κ1) is 15.1. The second-order valence-electron chi connectivity index (χ2n) is 3.59. The van der Waals surface area contributed by atoms with Crippen LogP contribution in [0.5, 0.6) is 5.88 Å². The molecular formula is C11H16BrF2N3O. The molecule has 0 unspecified atom stereocenters. The molecule has 7 heteroatoms. The van der Waals surface area contributed by atoms with Gasteiger partial charge >= 0.3 is 0 Å². The quantitative estimate of drug-likeness (QED) is 0.723. The van der Waals surface area contributed by atoms with Gasteiger partial charge < -0.3 is 9.64 Å². The lowest BCUT2D eigenvalue weighted by Crippen LogP contribution is -2.32. The van der Waals surface area contributed by atoms with Gasteiger partial charge in [-0.25, -0.2) is 18.7 Å². The average Bonchev–Trinajstić information content (AvgIpc) is 2.31. The molecule has 0 N–H and O–H groups in total. The monoisotopic (exact) mass is 323 g/mol. The third-order valence-corrected chi connectivity index (χ3v) is 2.66. The SMILES string of the molecule is CCOc1ncnc(N(CCBr)CC(F)F)c1C. The van der Waals surface area contributed by atoms with Crippen molar-refractivity contribution >= 4 is 21.7 Å². The van der Waals surface area contributed by atoms with Crippen LogP contribution in [-0.2, 0) is 0 Å². The molecule has 1 aromatic heterocycles. The van der Waals surface area contributed by atoms with Crippen molar-refractivity contribution < 1.29 is 13.5 Å². The van der Waals surface area contributed by atoms with Gasteiger partial charge in [0.2, 0.25) is 5.88 Å². The summed E-state index contributed by atoms with van der Waals surface area (Å²) in [5, 5.41) is 0.590. The highest BCUT2D eigenvalue weighted by atomic mass is 79.9. The van der Waals surface area contributed by atoms with Gasteiger partial charge in [0.1, 0.15) is 12.1 Å².